The highest BCUT2D eigenvalue weighted by Crippen LogP contribution is 2.23. The van der Waals surface area contributed by atoms with Crippen LogP contribution in [0.2, 0.25) is 0 Å². The maximum absolute atomic E-state index is 12.4. The van der Waals surface area contributed by atoms with E-state index in [1.807, 2.05) is 49.4 Å². The summed E-state index contributed by atoms with van der Waals surface area (Å²) in [4.78, 5) is 24.7. The summed E-state index contributed by atoms with van der Waals surface area (Å²) in [5.74, 6) is -0.271. The highest BCUT2D eigenvalue weighted by Gasteiger charge is 2.18. The van der Waals surface area contributed by atoms with Crippen molar-refractivity contribution in [1.29, 1.82) is 0 Å². The van der Waals surface area contributed by atoms with Crippen molar-refractivity contribution in [3.63, 3.8) is 0 Å². The number of aromatic nitrogens is 2. The molecule has 134 valence electrons. The third kappa shape index (κ3) is 3.66. The molecular weight excluding hydrogens is 330 g/mol. The van der Waals surface area contributed by atoms with E-state index >= 15 is 0 Å². The van der Waals surface area contributed by atoms with Gasteiger partial charge in [-0.2, -0.15) is 5.10 Å². The maximum Gasteiger partial charge on any atom is 0.323 e. The number of aryl methyl sites for hydroxylation is 1. The van der Waals surface area contributed by atoms with E-state index in [4.69, 9.17) is 0 Å². The monoisotopic (exact) mass is 351 g/mol. The van der Waals surface area contributed by atoms with Crippen LogP contribution in [0.3, 0.4) is 0 Å². The molecule has 7 heteroatoms. The number of amides is 3. The number of fused-ring (bicyclic) bond motifs is 1. The molecule has 0 radical (unpaired) electrons. The summed E-state index contributed by atoms with van der Waals surface area (Å²) in [5.41, 5.74) is 1.37. The molecule has 1 aromatic heterocycles. The molecule has 3 N–H and O–H groups in total. The first-order valence-corrected chi connectivity index (χ1v) is 8.46. The van der Waals surface area contributed by atoms with Crippen LogP contribution in [-0.4, -0.2) is 28.3 Å². The Morgan fingerprint density at radius 3 is 2.58 bits per heavy atom. The molecule has 2 aromatic carbocycles. The summed E-state index contributed by atoms with van der Waals surface area (Å²) in [7, 11) is 1.66. The minimum Gasteiger partial charge on any atom is -0.351 e. The largest absolute Gasteiger partial charge is 0.351 e. The Hall–Kier alpha value is -3.35. The lowest BCUT2D eigenvalue weighted by Gasteiger charge is -2.11. The van der Waals surface area contributed by atoms with Crippen LogP contribution in [0.25, 0.3) is 10.8 Å². The van der Waals surface area contributed by atoms with E-state index in [1.54, 1.807) is 7.05 Å². The Balaban J connectivity index is 1.77. The fourth-order valence-electron chi connectivity index (χ4n) is 2.73. The second-order valence-electron chi connectivity index (χ2n) is 5.89. The van der Waals surface area contributed by atoms with E-state index in [2.05, 4.69) is 21.0 Å². The van der Waals surface area contributed by atoms with Gasteiger partial charge in [-0.05, 0) is 17.9 Å². The maximum atomic E-state index is 12.4. The van der Waals surface area contributed by atoms with Crippen molar-refractivity contribution in [3.05, 3.63) is 54.4 Å². The first kappa shape index (κ1) is 17.5. The second-order valence-corrected chi connectivity index (χ2v) is 5.89. The van der Waals surface area contributed by atoms with Gasteiger partial charge in [0.15, 0.2) is 0 Å². The van der Waals surface area contributed by atoms with E-state index in [-0.39, 0.29) is 5.91 Å². The zero-order valence-corrected chi connectivity index (χ0v) is 14.7. The lowest BCUT2D eigenvalue weighted by Crippen LogP contribution is -2.28. The number of rotatable bonds is 5. The molecule has 0 saturated heterocycles. The molecule has 0 atom stereocenters. The van der Waals surface area contributed by atoms with Crippen LogP contribution in [-0.2, 0) is 7.05 Å². The van der Waals surface area contributed by atoms with Gasteiger partial charge >= 0.3 is 6.03 Å². The summed E-state index contributed by atoms with van der Waals surface area (Å²) >= 11 is 0. The lowest BCUT2D eigenvalue weighted by atomic mass is 10.1. The van der Waals surface area contributed by atoms with Crippen molar-refractivity contribution in [2.75, 3.05) is 17.2 Å². The number of urea groups is 1. The van der Waals surface area contributed by atoms with Gasteiger partial charge in [-0.25, -0.2) is 4.79 Å². The molecule has 3 aromatic rings. The van der Waals surface area contributed by atoms with Gasteiger partial charge in [-0.15, -0.1) is 0 Å². The number of benzene rings is 2. The van der Waals surface area contributed by atoms with Gasteiger partial charge in [-0.3, -0.25) is 9.48 Å². The number of anilines is 2. The van der Waals surface area contributed by atoms with Crippen molar-refractivity contribution in [2.45, 2.75) is 13.3 Å². The van der Waals surface area contributed by atoms with Crippen LogP contribution in [0.1, 0.15) is 23.8 Å². The van der Waals surface area contributed by atoms with Gasteiger partial charge in [0.25, 0.3) is 5.91 Å². The van der Waals surface area contributed by atoms with E-state index in [1.165, 1.54) is 10.9 Å². The van der Waals surface area contributed by atoms with Gasteiger partial charge < -0.3 is 16.0 Å². The number of carbonyl (C=O) groups excluding carboxylic acids is 2. The number of nitrogens with one attached hydrogen (secondary N) is 3. The number of carbonyl (C=O) groups is 2. The summed E-state index contributed by atoms with van der Waals surface area (Å²) in [6, 6.07) is 13.1. The predicted octanol–water partition coefficient (Wildman–Crippen LogP) is 3.36. The van der Waals surface area contributed by atoms with Crippen LogP contribution >= 0.6 is 0 Å². The standard InChI is InChI=1S/C19H21N5O2/c1-3-11-20-18(25)17-16(12-21-24(17)2)23-19(26)22-15-10-6-8-13-7-4-5-9-14(13)15/h4-10,12H,3,11H2,1-2H3,(H,20,25)(H2,22,23,26). The molecule has 0 fully saturated rings. The van der Waals surface area contributed by atoms with Gasteiger partial charge in [0.1, 0.15) is 5.69 Å². The molecule has 1 heterocycles. The Kier molecular flexibility index (Phi) is 5.17. The molecule has 0 spiro atoms. The van der Waals surface area contributed by atoms with Crippen molar-refractivity contribution >= 4 is 34.1 Å². The van der Waals surface area contributed by atoms with Crippen LogP contribution in [0.5, 0.6) is 0 Å². The van der Waals surface area contributed by atoms with Gasteiger partial charge in [0.2, 0.25) is 0 Å². The topological polar surface area (TPSA) is 88.1 Å². The SMILES string of the molecule is CCCNC(=O)c1c(NC(=O)Nc2cccc3ccccc23)cnn1C. The van der Waals surface area contributed by atoms with Crippen molar-refractivity contribution < 1.29 is 9.59 Å². The number of hydrogen-bond donors (Lipinski definition) is 3. The fraction of sp³-hybridized carbons (Fsp3) is 0.211. The molecule has 3 rings (SSSR count). The van der Waals surface area contributed by atoms with Crippen molar-refractivity contribution in [2.24, 2.45) is 7.05 Å². The third-order valence-electron chi connectivity index (χ3n) is 3.98. The van der Waals surface area contributed by atoms with Crippen LogP contribution in [0.15, 0.2) is 48.7 Å². The summed E-state index contributed by atoms with van der Waals surface area (Å²) in [6.07, 6.45) is 2.29. The molecule has 7 nitrogen and oxygen atoms in total. The number of hydrogen-bond acceptors (Lipinski definition) is 3. The van der Waals surface area contributed by atoms with E-state index in [9.17, 15) is 9.59 Å². The summed E-state index contributed by atoms with van der Waals surface area (Å²) in [6.45, 7) is 2.53. The minimum absolute atomic E-state index is 0.271. The molecule has 0 unspecified atom stereocenters. The molecule has 26 heavy (non-hydrogen) atoms. The zero-order valence-electron chi connectivity index (χ0n) is 14.7. The zero-order chi connectivity index (χ0) is 18.5. The first-order valence-electron chi connectivity index (χ1n) is 8.46. The molecular formula is C19H21N5O2. The molecule has 0 saturated carbocycles. The Bertz CT molecular complexity index is 943. The van der Waals surface area contributed by atoms with Gasteiger partial charge in [-0.1, -0.05) is 43.3 Å². The Morgan fingerprint density at radius 1 is 1.04 bits per heavy atom. The molecule has 3 amide bonds. The van der Waals surface area contributed by atoms with Crippen LogP contribution in [0.4, 0.5) is 16.2 Å². The average Bonchev–Trinajstić information content (AvgIpc) is 3.00. The number of nitrogens with zero attached hydrogens (tertiary/aromatic N) is 2. The fourth-order valence-corrected chi connectivity index (χ4v) is 2.73. The van der Waals surface area contributed by atoms with Crippen LogP contribution in [0, 0.1) is 0 Å². The molecule has 0 bridgehead atoms. The lowest BCUT2D eigenvalue weighted by molar-refractivity contribution is 0.0945. The minimum atomic E-state index is -0.432. The Labute approximate surface area is 151 Å². The van der Waals surface area contributed by atoms with Gasteiger partial charge in [0, 0.05) is 19.0 Å². The summed E-state index contributed by atoms with van der Waals surface area (Å²) < 4.78 is 1.44. The highest BCUT2D eigenvalue weighted by molar-refractivity contribution is 6.08. The molecule has 0 aliphatic rings. The highest BCUT2D eigenvalue weighted by atomic mass is 16.2. The quantitative estimate of drug-likeness (QED) is 0.658. The van der Waals surface area contributed by atoms with Crippen molar-refractivity contribution in [3.8, 4) is 0 Å². The normalized spacial score (nSPS) is 10.5. The third-order valence-corrected chi connectivity index (χ3v) is 3.98. The van der Waals surface area contributed by atoms with E-state index < -0.39 is 6.03 Å². The molecule has 0 aliphatic heterocycles. The first-order chi connectivity index (χ1) is 12.6. The predicted molar refractivity (Wildman–Crippen MR) is 102 cm³/mol. The average molecular weight is 351 g/mol. The van der Waals surface area contributed by atoms with Crippen LogP contribution < -0.4 is 16.0 Å². The second kappa shape index (κ2) is 7.69. The van der Waals surface area contributed by atoms with Gasteiger partial charge in [0.05, 0.1) is 17.6 Å². The summed E-state index contributed by atoms with van der Waals surface area (Å²) in [5, 5.41) is 14.4. The van der Waals surface area contributed by atoms with E-state index in [0.717, 1.165) is 17.2 Å². The van der Waals surface area contributed by atoms with E-state index in [0.29, 0.717) is 23.6 Å². The smallest absolute Gasteiger partial charge is 0.323 e. The Morgan fingerprint density at radius 2 is 1.77 bits per heavy atom. The van der Waals surface area contributed by atoms with Crippen molar-refractivity contribution in [1.82, 2.24) is 15.1 Å². The molecule has 0 aliphatic carbocycles.